The van der Waals surface area contributed by atoms with E-state index in [-0.39, 0.29) is 6.04 Å². The zero-order valence-corrected chi connectivity index (χ0v) is 11.4. The van der Waals surface area contributed by atoms with Crippen LogP contribution in [0.5, 0.6) is 0 Å². The van der Waals surface area contributed by atoms with E-state index in [1.54, 1.807) is 0 Å². The summed E-state index contributed by atoms with van der Waals surface area (Å²) in [6.45, 7) is 7.08. The molecule has 2 N–H and O–H groups in total. The maximum Gasteiger partial charge on any atom is 0.0608 e. The summed E-state index contributed by atoms with van der Waals surface area (Å²) in [5, 5.41) is 0. The molecule has 1 fully saturated rings. The number of piperidine rings is 1. The molecule has 0 spiro atoms. The average molecular weight is 248 g/mol. The van der Waals surface area contributed by atoms with Crippen LogP contribution in [0.15, 0.2) is 24.3 Å². The van der Waals surface area contributed by atoms with Crippen LogP contribution < -0.4 is 10.6 Å². The van der Waals surface area contributed by atoms with Crippen molar-refractivity contribution in [2.24, 2.45) is 5.73 Å². The zero-order valence-electron chi connectivity index (χ0n) is 11.4. The van der Waals surface area contributed by atoms with E-state index in [0.29, 0.717) is 6.10 Å². The van der Waals surface area contributed by atoms with Crippen molar-refractivity contribution >= 4 is 5.69 Å². The Bertz CT molecular complexity index is 353. The predicted molar refractivity (Wildman–Crippen MR) is 75.9 cm³/mol. The Kier molecular flexibility index (Phi) is 4.61. The molecule has 1 aliphatic rings. The van der Waals surface area contributed by atoms with Crippen LogP contribution in [-0.2, 0) is 4.74 Å². The number of nitrogens with zero attached hydrogens (tertiary/aromatic N) is 1. The van der Waals surface area contributed by atoms with Gasteiger partial charge in [-0.1, -0.05) is 12.1 Å². The summed E-state index contributed by atoms with van der Waals surface area (Å²) in [4.78, 5) is 2.43. The molecule has 0 aliphatic carbocycles. The summed E-state index contributed by atoms with van der Waals surface area (Å²) in [6.07, 6.45) is 2.71. The number of hydrogen-bond donors (Lipinski definition) is 1. The van der Waals surface area contributed by atoms with Gasteiger partial charge in [0.25, 0.3) is 0 Å². The first-order valence-corrected chi connectivity index (χ1v) is 6.92. The molecule has 1 heterocycles. The quantitative estimate of drug-likeness (QED) is 0.890. The maximum absolute atomic E-state index is 5.86. The van der Waals surface area contributed by atoms with Crippen molar-refractivity contribution in [3.05, 3.63) is 29.8 Å². The fourth-order valence-corrected chi connectivity index (χ4v) is 2.51. The van der Waals surface area contributed by atoms with Gasteiger partial charge < -0.3 is 15.4 Å². The van der Waals surface area contributed by atoms with E-state index in [1.807, 2.05) is 6.92 Å². The van der Waals surface area contributed by atoms with E-state index in [0.717, 1.165) is 32.5 Å². The topological polar surface area (TPSA) is 38.5 Å². The molecule has 100 valence electrons. The normalized spacial score (nSPS) is 18.9. The number of hydrogen-bond acceptors (Lipinski definition) is 3. The zero-order chi connectivity index (χ0) is 13.0. The Hall–Kier alpha value is -1.06. The van der Waals surface area contributed by atoms with Crippen molar-refractivity contribution in [1.29, 1.82) is 0 Å². The second kappa shape index (κ2) is 6.21. The molecule has 0 bridgehead atoms. The second-order valence-electron chi connectivity index (χ2n) is 5.02. The monoisotopic (exact) mass is 248 g/mol. The number of benzene rings is 1. The van der Waals surface area contributed by atoms with Crippen LogP contribution in [-0.4, -0.2) is 25.8 Å². The summed E-state index contributed by atoms with van der Waals surface area (Å²) in [6, 6.07) is 8.74. The fourth-order valence-electron chi connectivity index (χ4n) is 2.51. The molecule has 1 atom stereocenters. The molecule has 0 aromatic heterocycles. The molecule has 1 aromatic carbocycles. The molecule has 3 nitrogen and oxygen atoms in total. The van der Waals surface area contributed by atoms with Crippen LogP contribution in [0.3, 0.4) is 0 Å². The Morgan fingerprint density at radius 1 is 1.28 bits per heavy atom. The van der Waals surface area contributed by atoms with E-state index >= 15 is 0 Å². The van der Waals surface area contributed by atoms with Gasteiger partial charge in [-0.05, 0) is 44.4 Å². The van der Waals surface area contributed by atoms with Crippen LogP contribution >= 0.6 is 0 Å². The smallest absolute Gasteiger partial charge is 0.0608 e. The largest absolute Gasteiger partial charge is 0.378 e. The molecule has 0 radical (unpaired) electrons. The maximum atomic E-state index is 5.86. The third kappa shape index (κ3) is 3.24. The van der Waals surface area contributed by atoms with Gasteiger partial charge in [-0.2, -0.15) is 0 Å². The summed E-state index contributed by atoms with van der Waals surface area (Å²) in [7, 11) is 0. The second-order valence-corrected chi connectivity index (χ2v) is 5.02. The molecule has 18 heavy (non-hydrogen) atoms. The highest BCUT2D eigenvalue weighted by Crippen LogP contribution is 2.23. The first-order valence-electron chi connectivity index (χ1n) is 6.92. The van der Waals surface area contributed by atoms with Gasteiger partial charge in [-0.15, -0.1) is 0 Å². The third-order valence-corrected chi connectivity index (χ3v) is 3.63. The Morgan fingerprint density at radius 3 is 2.39 bits per heavy atom. The molecule has 2 rings (SSSR count). The lowest BCUT2D eigenvalue weighted by atomic mass is 10.1. The van der Waals surface area contributed by atoms with Crippen molar-refractivity contribution in [2.45, 2.75) is 38.8 Å². The molecular weight excluding hydrogens is 224 g/mol. The molecule has 0 saturated carbocycles. The van der Waals surface area contributed by atoms with Crippen LogP contribution in [0.25, 0.3) is 0 Å². The van der Waals surface area contributed by atoms with Crippen LogP contribution in [0, 0.1) is 0 Å². The van der Waals surface area contributed by atoms with Crippen LogP contribution in [0.2, 0.25) is 0 Å². The van der Waals surface area contributed by atoms with Gasteiger partial charge in [0.15, 0.2) is 0 Å². The predicted octanol–water partition coefficient (Wildman–Crippen LogP) is 2.71. The molecule has 3 heteroatoms. The highest BCUT2D eigenvalue weighted by atomic mass is 16.5. The minimum atomic E-state index is 0.114. The molecule has 1 aliphatic heterocycles. The van der Waals surface area contributed by atoms with Gasteiger partial charge in [0.2, 0.25) is 0 Å². The van der Waals surface area contributed by atoms with Gasteiger partial charge in [0.1, 0.15) is 0 Å². The Balaban J connectivity index is 1.93. The lowest BCUT2D eigenvalue weighted by molar-refractivity contribution is 0.0459. The van der Waals surface area contributed by atoms with Gasteiger partial charge in [-0.3, -0.25) is 0 Å². The summed E-state index contributed by atoms with van der Waals surface area (Å²) in [5.41, 5.74) is 8.36. The van der Waals surface area contributed by atoms with Crippen molar-refractivity contribution in [2.75, 3.05) is 24.6 Å². The van der Waals surface area contributed by atoms with E-state index in [1.165, 1.54) is 11.3 Å². The average Bonchev–Trinajstić information content (AvgIpc) is 2.40. The summed E-state index contributed by atoms with van der Waals surface area (Å²) < 4.78 is 5.67. The van der Waals surface area contributed by atoms with Crippen molar-refractivity contribution in [1.82, 2.24) is 0 Å². The lowest BCUT2D eigenvalue weighted by Gasteiger charge is -2.33. The minimum absolute atomic E-state index is 0.114. The number of nitrogens with two attached hydrogens (primary N) is 1. The van der Waals surface area contributed by atoms with E-state index in [4.69, 9.17) is 10.5 Å². The number of ether oxygens (including phenoxy) is 1. The summed E-state index contributed by atoms with van der Waals surface area (Å²) >= 11 is 0. The van der Waals surface area contributed by atoms with Gasteiger partial charge in [0, 0.05) is 31.4 Å². The van der Waals surface area contributed by atoms with Crippen LogP contribution in [0.4, 0.5) is 5.69 Å². The van der Waals surface area contributed by atoms with E-state index in [2.05, 4.69) is 36.1 Å². The summed E-state index contributed by atoms with van der Waals surface area (Å²) in [5.74, 6) is 0. The molecule has 0 unspecified atom stereocenters. The highest BCUT2D eigenvalue weighted by Gasteiger charge is 2.19. The lowest BCUT2D eigenvalue weighted by Crippen LogP contribution is -2.37. The first-order chi connectivity index (χ1) is 8.70. The van der Waals surface area contributed by atoms with Gasteiger partial charge in [0.05, 0.1) is 6.10 Å². The third-order valence-electron chi connectivity index (χ3n) is 3.63. The van der Waals surface area contributed by atoms with Gasteiger partial charge >= 0.3 is 0 Å². The molecule has 0 amide bonds. The highest BCUT2D eigenvalue weighted by molar-refractivity contribution is 5.48. The van der Waals surface area contributed by atoms with Gasteiger partial charge in [-0.25, -0.2) is 0 Å². The number of rotatable bonds is 4. The first kappa shape index (κ1) is 13.4. The SMILES string of the molecule is CCOC1CCN(c2ccc([C@H](C)N)cc2)CC1. The van der Waals surface area contributed by atoms with Crippen molar-refractivity contribution < 1.29 is 4.74 Å². The Morgan fingerprint density at radius 2 is 1.89 bits per heavy atom. The van der Waals surface area contributed by atoms with Crippen LogP contribution in [0.1, 0.15) is 38.3 Å². The Labute approximate surface area is 110 Å². The number of anilines is 1. The molecular formula is C15H24N2O. The van der Waals surface area contributed by atoms with E-state index in [9.17, 15) is 0 Å². The van der Waals surface area contributed by atoms with E-state index < -0.39 is 0 Å². The molecule has 1 saturated heterocycles. The minimum Gasteiger partial charge on any atom is -0.378 e. The standard InChI is InChI=1S/C15H24N2O/c1-3-18-15-8-10-17(11-9-15)14-6-4-13(5-7-14)12(2)16/h4-7,12,15H,3,8-11,16H2,1-2H3/t12-/m0/s1. The van der Waals surface area contributed by atoms with Crippen molar-refractivity contribution in [3.8, 4) is 0 Å². The molecule has 1 aromatic rings. The van der Waals surface area contributed by atoms with Crippen molar-refractivity contribution in [3.63, 3.8) is 0 Å². The fraction of sp³-hybridized carbons (Fsp3) is 0.600.